The third-order valence-corrected chi connectivity index (χ3v) is 4.73. The van der Waals surface area contributed by atoms with Gasteiger partial charge in [0.1, 0.15) is 24.4 Å². The van der Waals surface area contributed by atoms with E-state index in [0.717, 1.165) is 6.26 Å². The quantitative estimate of drug-likeness (QED) is 0.333. The first-order valence-electron chi connectivity index (χ1n) is 10.2. The van der Waals surface area contributed by atoms with Crippen LogP contribution in [0, 0.1) is 0 Å². The first-order valence-corrected chi connectivity index (χ1v) is 10.2. The van der Waals surface area contributed by atoms with Gasteiger partial charge >= 0.3 is 6.18 Å². The van der Waals surface area contributed by atoms with E-state index in [2.05, 4.69) is 25.7 Å². The van der Waals surface area contributed by atoms with Gasteiger partial charge in [-0.3, -0.25) is 9.59 Å². The first kappa shape index (κ1) is 24.3. The minimum absolute atomic E-state index is 0.0280. The maximum absolute atomic E-state index is 12.8. The molecule has 11 nitrogen and oxygen atoms in total. The lowest BCUT2D eigenvalue weighted by Crippen LogP contribution is -2.21. The first-order chi connectivity index (χ1) is 17.1. The molecule has 0 unspecified atom stereocenters. The summed E-state index contributed by atoms with van der Waals surface area (Å²) in [7, 11) is 1.50. The number of oxazole rings is 1. The number of ether oxygens (including phenoxy) is 1. The van der Waals surface area contributed by atoms with Gasteiger partial charge in [-0.1, -0.05) is 6.07 Å². The minimum Gasteiger partial charge on any atom is -0.497 e. The van der Waals surface area contributed by atoms with Crippen molar-refractivity contribution >= 4 is 23.3 Å². The third-order valence-electron chi connectivity index (χ3n) is 4.73. The van der Waals surface area contributed by atoms with Gasteiger partial charge in [-0.2, -0.15) is 18.3 Å². The second kappa shape index (κ2) is 9.77. The zero-order valence-electron chi connectivity index (χ0n) is 18.5. The van der Waals surface area contributed by atoms with E-state index in [1.54, 1.807) is 24.3 Å². The number of amides is 2. The lowest BCUT2D eigenvalue weighted by atomic mass is 10.2. The van der Waals surface area contributed by atoms with Gasteiger partial charge < -0.3 is 25.5 Å². The molecule has 0 spiro atoms. The summed E-state index contributed by atoms with van der Waals surface area (Å²) in [6.07, 6.45) is -0.695. The normalized spacial score (nSPS) is 11.2. The molecule has 3 aromatic heterocycles. The maximum atomic E-state index is 12.8. The molecule has 0 radical (unpaired) electrons. The van der Waals surface area contributed by atoms with Crippen molar-refractivity contribution in [3.05, 3.63) is 66.4 Å². The number of aromatic nitrogens is 4. The molecule has 0 aliphatic carbocycles. The number of methoxy groups -OCH3 is 1. The number of hydrogen-bond donors (Lipinski definition) is 3. The molecule has 0 aliphatic heterocycles. The van der Waals surface area contributed by atoms with Crippen molar-refractivity contribution in [2.75, 3.05) is 24.3 Å². The number of benzene rings is 1. The number of carbonyl (C=O) groups excluding carboxylic acids is 2. The number of pyridine rings is 1. The Morgan fingerprint density at radius 1 is 1.22 bits per heavy atom. The highest BCUT2D eigenvalue weighted by Gasteiger charge is 2.27. The van der Waals surface area contributed by atoms with E-state index >= 15 is 0 Å². The molecule has 0 atom stereocenters. The lowest BCUT2D eigenvalue weighted by molar-refractivity contribution is -0.115. The zero-order valence-corrected chi connectivity index (χ0v) is 18.5. The number of nitrogens with zero attached hydrogens (tertiary/aromatic N) is 4. The Morgan fingerprint density at radius 3 is 2.75 bits per heavy atom. The summed E-state index contributed by atoms with van der Waals surface area (Å²) in [5.41, 5.74) is 5.94. The molecule has 1 aromatic carbocycles. The van der Waals surface area contributed by atoms with Gasteiger partial charge in [0.15, 0.2) is 11.4 Å². The minimum atomic E-state index is -4.42. The molecule has 0 fully saturated rings. The standard InChI is InChI=1S/C22H18F3N7O4/c1-35-14-4-2-3-13(8-14)32-9-15(18(31-32)19(26)33)29-20(34)16-10-36-21(30-16)12-5-6-27-17(7-12)28-11-22(23,24)25/h2-10H,11H2,1H3,(H2,26,33)(H,27,28)(H,29,34). The summed E-state index contributed by atoms with van der Waals surface area (Å²) >= 11 is 0. The van der Waals surface area contributed by atoms with Gasteiger partial charge in [0.25, 0.3) is 11.8 Å². The van der Waals surface area contributed by atoms with Crippen LogP contribution in [0.25, 0.3) is 17.1 Å². The molecule has 0 saturated carbocycles. The van der Waals surface area contributed by atoms with Gasteiger partial charge in [-0.15, -0.1) is 0 Å². The van der Waals surface area contributed by atoms with E-state index < -0.39 is 24.5 Å². The summed E-state index contributed by atoms with van der Waals surface area (Å²) in [5, 5.41) is 8.80. The van der Waals surface area contributed by atoms with Crippen molar-refractivity contribution in [1.82, 2.24) is 19.7 Å². The Hall–Kier alpha value is -4.88. The van der Waals surface area contributed by atoms with E-state index in [0.29, 0.717) is 11.4 Å². The second-order valence-electron chi connectivity index (χ2n) is 7.29. The molecule has 4 N–H and O–H groups in total. The zero-order chi connectivity index (χ0) is 25.9. The van der Waals surface area contributed by atoms with Crippen LogP contribution in [0.15, 0.2) is 59.5 Å². The van der Waals surface area contributed by atoms with Crippen LogP contribution in [0.3, 0.4) is 0 Å². The molecular weight excluding hydrogens is 483 g/mol. The van der Waals surface area contributed by atoms with Crippen LogP contribution in [0.5, 0.6) is 5.75 Å². The fourth-order valence-electron chi connectivity index (χ4n) is 3.08. The molecule has 2 amide bonds. The van der Waals surface area contributed by atoms with E-state index in [1.807, 2.05) is 0 Å². The number of halogens is 3. The van der Waals surface area contributed by atoms with Crippen molar-refractivity contribution in [2.45, 2.75) is 6.18 Å². The summed E-state index contributed by atoms with van der Waals surface area (Å²) < 4.78 is 49.2. The van der Waals surface area contributed by atoms with Crippen molar-refractivity contribution in [1.29, 1.82) is 0 Å². The summed E-state index contributed by atoms with van der Waals surface area (Å²) in [4.78, 5) is 32.5. The summed E-state index contributed by atoms with van der Waals surface area (Å²) in [5.74, 6) is -1.13. The topological polar surface area (TPSA) is 150 Å². The van der Waals surface area contributed by atoms with Crippen LogP contribution in [-0.4, -0.2) is 51.4 Å². The molecule has 0 aliphatic rings. The number of nitrogens with two attached hydrogens (primary N) is 1. The molecule has 36 heavy (non-hydrogen) atoms. The van der Waals surface area contributed by atoms with Crippen LogP contribution >= 0.6 is 0 Å². The van der Waals surface area contributed by atoms with E-state index in [4.69, 9.17) is 14.9 Å². The lowest BCUT2D eigenvalue weighted by Gasteiger charge is -2.08. The van der Waals surface area contributed by atoms with Crippen molar-refractivity contribution in [2.24, 2.45) is 5.73 Å². The number of primary amides is 1. The molecule has 4 rings (SSSR count). The Balaban J connectivity index is 1.53. The Labute approximate surface area is 201 Å². The molecular formula is C22H18F3N7O4. The average molecular weight is 501 g/mol. The summed E-state index contributed by atoms with van der Waals surface area (Å²) in [6.45, 7) is -1.27. The van der Waals surface area contributed by atoms with Crippen LogP contribution in [0.1, 0.15) is 21.0 Å². The Kier molecular flexibility index (Phi) is 6.58. The average Bonchev–Trinajstić information content (AvgIpc) is 3.51. The number of anilines is 2. The second-order valence-corrected chi connectivity index (χ2v) is 7.29. The Bertz CT molecular complexity index is 1410. The van der Waals surface area contributed by atoms with Gasteiger partial charge in [0, 0.05) is 17.8 Å². The van der Waals surface area contributed by atoms with Crippen molar-refractivity contribution in [3.63, 3.8) is 0 Å². The largest absolute Gasteiger partial charge is 0.497 e. The highest BCUT2D eigenvalue weighted by molar-refractivity contribution is 6.07. The van der Waals surface area contributed by atoms with Crippen LogP contribution in [0.4, 0.5) is 24.7 Å². The van der Waals surface area contributed by atoms with Gasteiger partial charge in [-0.05, 0) is 24.3 Å². The SMILES string of the molecule is COc1cccc(-n2cc(NC(=O)c3coc(-c4ccnc(NCC(F)(F)F)c4)n3)c(C(N)=O)n2)c1. The predicted octanol–water partition coefficient (Wildman–Crippen LogP) is 3.26. The van der Waals surface area contributed by atoms with Gasteiger partial charge in [-0.25, -0.2) is 14.6 Å². The summed E-state index contributed by atoms with van der Waals surface area (Å²) in [6, 6.07) is 9.57. The van der Waals surface area contributed by atoms with Crippen LogP contribution in [0.2, 0.25) is 0 Å². The molecule has 4 aromatic rings. The number of hydrogen-bond acceptors (Lipinski definition) is 8. The number of rotatable bonds is 8. The van der Waals surface area contributed by atoms with Crippen LogP contribution in [-0.2, 0) is 0 Å². The van der Waals surface area contributed by atoms with Gasteiger partial charge in [0.05, 0.1) is 24.7 Å². The molecule has 3 heterocycles. The van der Waals surface area contributed by atoms with E-state index in [9.17, 15) is 22.8 Å². The van der Waals surface area contributed by atoms with Crippen molar-refractivity contribution in [3.8, 4) is 22.9 Å². The van der Waals surface area contributed by atoms with E-state index in [-0.39, 0.29) is 34.3 Å². The molecule has 0 bridgehead atoms. The smallest absolute Gasteiger partial charge is 0.405 e. The van der Waals surface area contributed by atoms with E-state index in [1.165, 1.54) is 36.3 Å². The number of alkyl halides is 3. The molecule has 186 valence electrons. The number of nitrogens with one attached hydrogen (secondary N) is 2. The Morgan fingerprint density at radius 2 is 2.03 bits per heavy atom. The maximum Gasteiger partial charge on any atom is 0.405 e. The monoisotopic (exact) mass is 501 g/mol. The predicted molar refractivity (Wildman–Crippen MR) is 121 cm³/mol. The van der Waals surface area contributed by atoms with Crippen LogP contribution < -0.4 is 21.1 Å². The molecule has 14 heteroatoms. The van der Waals surface area contributed by atoms with Gasteiger partial charge in [0.2, 0.25) is 5.89 Å². The van der Waals surface area contributed by atoms with Crippen molar-refractivity contribution < 1.29 is 31.9 Å². The highest BCUT2D eigenvalue weighted by atomic mass is 19.4. The number of carbonyl (C=O) groups is 2. The highest BCUT2D eigenvalue weighted by Crippen LogP contribution is 2.24. The fourth-order valence-corrected chi connectivity index (χ4v) is 3.08. The fraction of sp³-hybridized carbons (Fsp3) is 0.136. The third kappa shape index (κ3) is 5.60. The molecule has 0 saturated heterocycles.